The maximum absolute atomic E-state index is 12.3. The molecule has 1 aliphatic rings. The zero-order valence-electron chi connectivity index (χ0n) is 11.6. The lowest BCUT2D eigenvalue weighted by molar-refractivity contribution is -0.124. The molecule has 0 spiro atoms. The number of hydrogen-bond donors (Lipinski definition) is 2. The first-order chi connectivity index (χ1) is 8.97. The second-order valence-electron chi connectivity index (χ2n) is 5.45. The van der Waals surface area contributed by atoms with Gasteiger partial charge in [0, 0.05) is 12.0 Å². The summed E-state index contributed by atoms with van der Waals surface area (Å²) in [5.41, 5.74) is -0.484. The Hall–Kier alpha value is -1.40. The van der Waals surface area contributed by atoms with Crippen LogP contribution < -0.4 is 5.32 Å². The van der Waals surface area contributed by atoms with Crippen molar-refractivity contribution in [1.29, 1.82) is 0 Å². The Kier molecular flexibility index (Phi) is 3.91. The van der Waals surface area contributed by atoms with Crippen molar-refractivity contribution in [2.45, 2.75) is 38.1 Å². The van der Waals surface area contributed by atoms with Gasteiger partial charge in [0.2, 0.25) is 5.91 Å². The van der Waals surface area contributed by atoms with E-state index < -0.39 is 5.54 Å². The molecule has 19 heavy (non-hydrogen) atoms. The van der Waals surface area contributed by atoms with Gasteiger partial charge >= 0.3 is 0 Å². The number of hydrogen-bond acceptors (Lipinski definition) is 5. The average molecular weight is 267 g/mol. The highest BCUT2D eigenvalue weighted by Gasteiger charge is 2.41. The third kappa shape index (κ3) is 2.64. The van der Waals surface area contributed by atoms with Crippen LogP contribution in [-0.2, 0) is 4.79 Å². The van der Waals surface area contributed by atoms with E-state index in [1.54, 1.807) is 6.07 Å². The molecule has 1 saturated heterocycles. The molecular formula is C13H21N3O3. The molecule has 0 radical (unpaired) electrons. The van der Waals surface area contributed by atoms with Gasteiger partial charge in [0.15, 0.2) is 5.82 Å². The number of carbonyl (C=O) groups excluding carboxylic acids is 1. The van der Waals surface area contributed by atoms with Gasteiger partial charge in [0.05, 0.1) is 12.1 Å². The molecule has 2 unspecified atom stereocenters. The van der Waals surface area contributed by atoms with Crippen LogP contribution in [0.4, 0.5) is 5.82 Å². The number of nitrogens with zero attached hydrogens (tertiary/aromatic N) is 2. The Labute approximate surface area is 112 Å². The highest BCUT2D eigenvalue weighted by atomic mass is 16.5. The van der Waals surface area contributed by atoms with Crippen LogP contribution in [0.1, 0.15) is 38.4 Å². The van der Waals surface area contributed by atoms with Crippen molar-refractivity contribution in [3.63, 3.8) is 0 Å². The number of carbonyl (C=O) groups is 1. The van der Waals surface area contributed by atoms with Gasteiger partial charge in [-0.1, -0.05) is 12.1 Å². The van der Waals surface area contributed by atoms with Crippen molar-refractivity contribution in [3.8, 4) is 0 Å². The van der Waals surface area contributed by atoms with E-state index in [1.165, 1.54) is 0 Å². The second-order valence-corrected chi connectivity index (χ2v) is 5.45. The van der Waals surface area contributed by atoms with E-state index in [0.29, 0.717) is 11.6 Å². The Morgan fingerprint density at radius 1 is 1.74 bits per heavy atom. The van der Waals surface area contributed by atoms with E-state index in [2.05, 4.69) is 15.4 Å². The van der Waals surface area contributed by atoms with Crippen LogP contribution in [0.3, 0.4) is 0 Å². The van der Waals surface area contributed by atoms with Crippen molar-refractivity contribution < 1.29 is 14.4 Å². The molecule has 2 rings (SSSR count). The molecule has 2 atom stereocenters. The van der Waals surface area contributed by atoms with Crippen LogP contribution in [-0.4, -0.2) is 46.8 Å². The summed E-state index contributed by atoms with van der Waals surface area (Å²) in [6, 6.07) is 1.66. The minimum Gasteiger partial charge on any atom is -0.396 e. The van der Waals surface area contributed by atoms with E-state index in [-0.39, 0.29) is 18.4 Å². The minimum atomic E-state index is -0.484. The van der Waals surface area contributed by atoms with E-state index in [9.17, 15) is 4.79 Å². The molecule has 1 aliphatic heterocycles. The average Bonchev–Trinajstić information content (AvgIpc) is 2.97. The Morgan fingerprint density at radius 2 is 2.47 bits per heavy atom. The van der Waals surface area contributed by atoms with Crippen LogP contribution in [0.25, 0.3) is 0 Å². The third-order valence-electron chi connectivity index (χ3n) is 4.02. The molecule has 0 aliphatic carbocycles. The molecule has 0 saturated carbocycles. The summed E-state index contributed by atoms with van der Waals surface area (Å²) in [6.45, 7) is 4.68. The maximum Gasteiger partial charge on any atom is 0.245 e. The molecule has 2 heterocycles. The van der Waals surface area contributed by atoms with Crippen LogP contribution in [0, 0.1) is 0 Å². The molecule has 2 N–H and O–H groups in total. The normalized spacial score (nSPS) is 25.5. The summed E-state index contributed by atoms with van der Waals surface area (Å²) < 4.78 is 5.10. The van der Waals surface area contributed by atoms with E-state index in [4.69, 9.17) is 9.63 Å². The zero-order chi connectivity index (χ0) is 14.0. The zero-order valence-corrected chi connectivity index (χ0v) is 11.6. The fraction of sp³-hybridized carbons (Fsp3) is 0.692. The fourth-order valence-corrected chi connectivity index (χ4v) is 2.31. The standard InChI is InChI=1S/C13H21N3O3/c1-9(8-17)10-7-11(15-19-10)14-12(18)13(2)5-4-6-16(13)3/h7,9,17H,4-6,8H2,1-3H3,(H,14,15,18). The molecule has 1 aromatic rings. The molecule has 0 bridgehead atoms. The topological polar surface area (TPSA) is 78.6 Å². The van der Waals surface area contributed by atoms with Crippen molar-refractivity contribution >= 4 is 11.7 Å². The quantitative estimate of drug-likeness (QED) is 0.856. The highest BCUT2D eigenvalue weighted by molar-refractivity contribution is 5.97. The Balaban J connectivity index is 2.05. The van der Waals surface area contributed by atoms with Gasteiger partial charge in [-0.3, -0.25) is 9.69 Å². The van der Waals surface area contributed by atoms with Crippen LogP contribution in [0.5, 0.6) is 0 Å². The third-order valence-corrected chi connectivity index (χ3v) is 4.02. The number of amides is 1. The first-order valence-corrected chi connectivity index (χ1v) is 6.57. The molecule has 0 aromatic carbocycles. The van der Waals surface area contributed by atoms with Crippen molar-refractivity contribution in [1.82, 2.24) is 10.1 Å². The summed E-state index contributed by atoms with van der Waals surface area (Å²) in [5.74, 6) is 0.788. The lowest BCUT2D eigenvalue weighted by Gasteiger charge is -2.30. The number of nitrogens with one attached hydrogen (secondary N) is 1. The van der Waals surface area contributed by atoms with Gasteiger partial charge in [-0.05, 0) is 33.4 Å². The van der Waals surface area contributed by atoms with Gasteiger partial charge in [-0.25, -0.2) is 0 Å². The van der Waals surface area contributed by atoms with Crippen molar-refractivity contribution in [2.24, 2.45) is 0 Å². The monoisotopic (exact) mass is 267 g/mol. The number of rotatable bonds is 4. The highest BCUT2D eigenvalue weighted by Crippen LogP contribution is 2.28. The van der Waals surface area contributed by atoms with E-state index >= 15 is 0 Å². The van der Waals surface area contributed by atoms with Crippen LogP contribution >= 0.6 is 0 Å². The fourth-order valence-electron chi connectivity index (χ4n) is 2.31. The van der Waals surface area contributed by atoms with Gasteiger partial charge < -0.3 is 14.9 Å². The van der Waals surface area contributed by atoms with E-state index in [1.807, 2.05) is 20.9 Å². The molecule has 6 nitrogen and oxygen atoms in total. The van der Waals surface area contributed by atoms with Crippen molar-refractivity contribution in [2.75, 3.05) is 25.5 Å². The molecule has 1 amide bonds. The SMILES string of the molecule is CC(CO)c1cc(NC(=O)C2(C)CCCN2C)no1. The van der Waals surface area contributed by atoms with Gasteiger partial charge in [-0.15, -0.1) is 0 Å². The summed E-state index contributed by atoms with van der Waals surface area (Å²) in [4.78, 5) is 14.4. The number of aliphatic hydroxyl groups excluding tert-OH is 1. The predicted molar refractivity (Wildman–Crippen MR) is 70.9 cm³/mol. The molecule has 6 heteroatoms. The first-order valence-electron chi connectivity index (χ1n) is 6.57. The maximum atomic E-state index is 12.3. The van der Waals surface area contributed by atoms with Gasteiger partial charge in [0.25, 0.3) is 0 Å². The molecule has 1 fully saturated rings. The summed E-state index contributed by atoms with van der Waals surface area (Å²) in [7, 11) is 1.95. The summed E-state index contributed by atoms with van der Waals surface area (Å²) in [5, 5.41) is 15.6. The number of anilines is 1. The Morgan fingerprint density at radius 3 is 3.05 bits per heavy atom. The van der Waals surface area contributed by atoms with E-state index in [0.717, 1.165) is 19.4 Å². The largest absolute Gasteiger partial charge is 0.396 e. The lowest BCUT2D eigenvalue weighted by Crippen LogP contribution is -2.48. The number of likely N-dealkylation sites (N-methyl/N-ethyl adjacent to an activating group) is 1. The summed E-state index contributed by atoms with van der Waals surface area (Å²) in [6.07, 6.45) is 1.86. The number of aliphatic hydroxyl groups is 1. The van der Waals surface area contributed by atoms with Crippen molar-refractivity contribution in [3.05, 3.63) is 11.8 Å². The van der Waals surface area contributed by atoms with Crippen LogP contribution in [0.2, 0.25) is 0 Å². The minimum absolute atomic E-state index is 0.0109. The number of likely N-dealkylation sites (tertiary alicyclic amines) is 1. The van der Waals surface area contributed by atoms with Crippen LogP contribution in [0.15, 0.2) is 10.6 Å². The first kappa shape index (κ1) is 14.0. The van der Waals surface area contributed by atoms with Gasteiger partial charge in [0.1, 0.15) is 5.76 Å². The second kappa shape index (κ2) is 5.30. The summed E-state index contributed by atoms with van der Waals surface area (Å²) >= 11 is 0. The smallest absolute Gasteiger partial charge is 0.245 e. The molecular weight excluding hydrogens is 246 g/mol. The number of aromatic nitrogens is 1. The molecule has 1 aromatic heterocycles. The predicted octanol–water partition coefficient (Wildman–Crippen LogP) is 1.19. The molecule has 106 valence electrons. The Bertz CT molecular complexity index is 460. The van der Waals surface area contributed by atoms with Gasteiger partial charge in [-0.2, -0.15) is 0 Å². The lowest BCUT2D eigenvalue weighted by atomic mass is 9.98.